The summed E-state index contributed by atoms with van der Waals surface area (Å²) in [5, 5.41) is 9.27. The van der Waals surface area contributed by atoms with Gasteiger partial charge in [-0.2, -0.15) is 13.2 Å². The molecule has 0 amide bonds. The van der Waals surface area contributed by atoms with Gasteiger partial charge < -0.3 is 14.6 Å². The number of carboxylic acid groups (broad SMARTS) is 1. The van der Waals surface area contributed by atoms with Crippen molar-refractivity contribution in [2.24, 2.45) is 11.8 Å². The minimum Gasteiger partial charge on any atom is -0.481 e. The summed E-state index contributed by atoms with van der Waals surface area (Å²) in [7, 11) is 0. The molecule has 1 saturated carbocycles. The molecule has 1 aromatic heterocycles. The number of rotatable bonds is 6. The average molecular weight is 513 g/mol. The number of aromatic nitrogens is 1. The molecule has 6 rings (SSSR count). The highest BCUT2D eigenvalue weighted by atomic mass is 19.4. The van der Waals surface area contributed by atoms with Crippen LogP contribution in [0.2, 0.25) is 0 Å². The predicted molar refractivity (Wildman–Crippen MR) is 124 cm³/mol. The predicted octanol–water partition coefficient (Wildman–Crippen LogP) is 5.65. The summed E-state index contributed by atoms with van der Waals surface area (Å²) in [6.07, 6.45) is -2.34. The Morgan fingerprint density at radius 3 is 2.70 bits per heavy atom. The molecular weight excluding hydrogens is 490 g/mol. The van der Waals surface area contributed by atoms with Gasteiger partial charge in [-0.05, 0) is 64.8 Å². The summed E-state index contributed by atoms with van der Waals surface area (Å²) >= 11 is 0. The number of pyridine rings is 1. The van der Waals surface area contributed by atoms with Crippen molar-refractivity contribution in [2.75, 3.05) is 6.61 Å². The number of carbonyl (C=O) groups is 1. The topological polar surface area (TPSA) is 68.7 Å². The van der Waals surface area contributed by atoms with Crippen molar-refractivity contribution < 1.29 is 36.9 Å². The van der Waals surface area contributed by atoms with Gasteiger partial charge in [0.15, 0.2) is 0 Å². The van der Waals surface area contributed by atoms with Gasteiger partial charge in [0, 0.05) is 30.2 Å². The van der Waals surface area contributed by atoms with Gasteiger partial charge in [0.2, 0.25) is 5.88 Å². The second-order valence-electron chi connectivity index (χ2n) is 9.88. The molecule has 1 fully saturated rings. The first-order valence-electron chi connectivity index (χ1n) is 12.1. The van der Waals surface area contributed by atoms with Crippen LogP contribution in [0.1, 0.15) is 51.0 Å². The van der Waals surface area contributed by atoms with Crippen LogP contribution >= 0.6 is 0 Å². The second-order valence-corrected chi connectivity index (χ2v) is 9.88. The molecule has 192 valence electrons. The summed E-state index contributed by atoms with van der Waals surface area (Å²) < 4.78 is 67.0. The van der Waals surface area contributed by atoms with Crippen LogP contribution in [0.4, 0.5) is 17.6 Å². The Bertz CT molecular complexity index is 1390. The number of carboxylic acids is 1. The van der Waals surface area contributed by atoms with Gasteiger partial charge in [0.1, 0.15) is 12.4 Å². The number of ether oxygens (including phenoxy) is 2. The monoisotopic (exact) mass is 513 g/mol. The Hall–Kier alpha value is -3.46. The van der Waals surface area contributed by atoms with Crippen LogP contribution in [0.25, 0.3) is 0 Å². The number of hydrogen-bond acceptors (Lipinski definition) is 4. The SMILES string of the molecule is O=C(O)C1C2Cc3cc(OCc4cc5c(cc4F)CCOC5Cc4ccccc4C(F)(F)F)ncc3C21. The van der Waals surface area contributed by atoms with Gasteiger partial charge in [-0.25, -0.2) is 9.37 Å². The lowest BCUT2D eigenvalue weighted by Crippen LogP contribution is -2.21. The lowest BCUT2D eigenvalue weighted by atomic mass is 9.90. The largest absolute Gasteiger partial charge is 0.481 e. The summed E-state index contributed by atoms with van der Waals surface area (Å²) in [5.41, 5.74) is 2.99. The highest BCUT2D eigenvalue weighted by molar-refractivity contribution is 5.77. The van der Waals surface area contributed by atoms with E-state index in [4.69, 9.17) is 9.47 Å². The molecule has 3 aromatic rings. The lowest BCUT2D eigenvalue weighted by molar-refractivity contribution is -0.139. The molecule has 0 spiro atoms. The summed E-state index contributed by atoms with van der Waals surface area (Å²) in [6.45, 7) is 0.187. The molecule has 9 heteroatoms. The molecule has 1 aliphatic heterocycles. The van der Waals surface area contributed by atoms with E-state index in [0.29, 0.717) is 36.5 Å². The van der Waals surface area contributed by atoms with E-state index in [1.807, 2.05) is 0 Å². The van der Waals surface area contributed by atoms with Gasteiger partial charge in [-0.3, -0.25) is 4.79 Å². The molecule has 1 N–H and O–H groups in total. The highest BCUT2D eigenvalue weighted by Crippen LogP contribution is 2.61. The van der Waals surface area contributed by atoms with Crippen LogP contribution in [-0.2, 0) is 41.6 Å². The van der Waals surface area contributed by atoms with Crippen molar-refractivity contribution in [3.05, 3.63) is 93.4 Å². The van der Waals surface area contributed by atoms with Crippen molar-refractivity contribution in [3.63, 3.8) is 0 Å². The van der Waals surface area contributed by atoms with E-state index >= 15 is 0 Å². The quantitative estimate of drug-likeness (QED) is 0.432. The number of nitrogens with zero attached hydrogens (tertiary/aromatic N) is 1. The van der Waals surface area contributed by atoms with Gasteiger partial charge >= 0.3 is 12.1 Å². The lowest BCUT2D eigenvalue weighted by Gasteiger charge is -2.28. The van der Waals surface area contributed by atoms with Crippen molar-refractivity contribution >= 4 is 5.97 Å². The molecule has 2 aromatic carbocycles. The van der Waals surface area contributed by atoms with Crippen molar-refractivity contribution in [1.82, 2.24) is 4.98 Å². The first-order valence-corrected chi connectivity index (χ1v) is 12.1. The van der Waals surface area contributed by atoms with Crippen molar-refractivity contribution in [2.45, 2.75) is 44.1 Å². The third-order valence-electron chi connectivity index (χ3n) is 7.72. The molecule has 5 nitrogen and oxygen atoms in total. The molecule has 3 aliphatic rings. The van der Waals surface area contributed by atoms with Crippen LogP contribution in [0.3, 0.4) is 0 Å². The average Bonchev–Trinajstić information content (AvgIpc) is 3.45. The standard InChI is InChI=1S/C28H23F4NO4/c29-22-9-14-5-6-36-23(10-15-3-1-2-4-21(15)28(30,31)32)18(14)8-17(22)13-37-24-11-16-7-19-25(20(16)12-33-24)26(19)27(34)35/h1-4,8-9,11-12,19,23,25-26H,5-7,10,13H2,(H,34,35). The van der Waals surface area contributed by atoms with Gasteiger partial charge in [-0.1, -0.05) is 18.2 Å². The maximum Gasteiger partial charge on any atom is 0.416 e. The molecule has 0 radical (unpaired) electrons. The van der Waals surface area contributed by atoms with E-state index in [-0.39, 0.29) is 41.9 Å². The van der Waals surface area contributed by atoms with Crippen LogP contribution in [0.5, 0.6) is 5.88 Å². The fraction of sp³-hybridized carbons (Fsp3) is 0.357. The summed E-state index contributed by atoms with van der Waals surface area (Å²) in [4.78, 5) is 15.6. The normalized spacial score (nSPS) is 23.7. The fourth-order valence-electron chi connectivity index (χ4n) is 5.89. The zero-order valence-electron chi connectivity index (χ0n) is 19.6. The summed E-state index contributed by atoms with van der Waals surface area (Å²) in [6, 6.07) is 10.2. The molecule has 4 atom stereocenters. The number of hydrogen-bond donors (Lipinski definition) is 1. The third kappa shape index (κ3) is 4.35. The van der Waals surface area contributed by atoms with E-state index in [1.165, 1.54) is 18.2 Å². The third-order valence-corrected chi connectivity index (χ3v) is 7.72. The number of alkyl halides is 3. The van der Waals surface area contributed by atoms with E-state index < -0.39 is 29.6 Å². The Kier molecular flexibility index (Phi) is 5.71. The molecule has 0 saturated heterocycles. The van der Waals surface area contributed by atoms with E-state index in [9.17, 15) is 27.5 Å². The second kappa shape index (κ2) is 8.83. The smallest absolute Gasteiger partial charge is 0.416 e. The van der Waals surface area contributed by atoms with Crippen LogP contribution in [0.15, 0.2) is 48.7 Å². The van der Waals surface area contributed by atoms with E-state index in [0.717, 1.165) is 17.2 Å². The maximum absolute atomic E-state index is 14.9. The minimum absolute atomic E-state index is 0.00606. The molecule has 4 unspecified atom stereocenters. The zero-order chi connectivity index (χ0) is 25.9. The molecule has 0 bridgehead atoms. The van der Waals surface area contributed by atoms with Crippen LogP contribution in [-0.4, -0.2) is 22.7 Å². The van der Waals surface area contributed by atoms with E-state index in [2.05, 4.69) is 4.98 Å². The first kappa shape index (κ1) is 23.9. The van der Waals surface area contributed by atoms with Crippen molar-refractivity contribution in [3.8, 4) is 5.88 Å². The van der Waals surface area contributed by atoms with Crippen LogP contribution < -0.4 is 4.74 Å². The van der Waals surface area contributed by atoms with Crippen LogP contribution in [0, 0.1) is 17.7 Å². The highest BCUT2D eigenvalue weighted by Gasteiger charge is 2.59. The van der Waals surface area contributed by atoms with E-state index in [1.54, 1.807) is 24.4 Å². The Balaban J connectivity index is 1.20. The number of aliphatic carboxylic acids is 1. The maximum atomic E-state index is 14.9. The fourth-order valence-corrected chi connectivity index (χ4v) is 5.89. The van der Waals surface area contributed by atoms with Gasteiger partial charge in [0.25, 0.3) is 0 Å². The zero-order valence-corrected chi connectivity index (χ0v) is 19.6. The molecule has 37 heavy (non-hydrogen) atoms. The Morgan fingerprint density at radius 2 is 1.92 bits per heavy atom. The minimum atomic E-state index is -4.48. The molecule has 2 aliphatic carbocycles. The van der Waals surface area contributed by atoms with Gasteiger partial charge in [0.05, 0.1) is 24.2 Å². The summed E-state index contributed by atoms with van der Waals surface area (Å²) in [5.74, 6) is -1.16. The van der Waals surface area contributed by atoms with Gasteiger partial charge in [-0.15, -0.1) is 0 Å². The number of benzene rings is 2. The Labute approximate surface area is 210 Å². The Morgan fingerprint density at radius 1 is 1.11 bits per heavy atom. The molecule has 2 heterocycles. The molecular formula is C28H23F4NO4. The van der Waals surface area contributed by atoms with Crippen molar-refractivity contribution in [1.29, 1.82) is 0 Å². The number of fused-ring (bicyclic) bond motifs is 4. The first-order chi connectivity index (χ1) is 17.7. The number of halogens is 4.